The molecule has 0 saturated carbocycles. The van der Waals surface area contributed by atoms with Gasteiger partial charge in [0.2, 0.25) is 0 Å². The van der Waals surface area contributed by atoms with E-state index in [1.807, 2.05) is 11.0 Å². The molecule has 9 heteroatoms. The SMILES string of the molecule is COc1cc(C(=O)Nc2cc(C(F)(F)F)ccc2N2CCCC2)ccc1OCc1cccnc1. The second kappa shape index (κ2) is 10.0. The number of hydrogen-bond donors (Lipinski definition) is 1. The molecule has 1 aromatic heterocycles. The van der Waals surface area contributed by atoms with Crippen LogP contribution in [0.3, 0.4) is 0 Å². The maximum Gasteiger partial charge on any atom is 0.416 e. The fourth-order valence-electron chi connectivity index (χ4n) is 3.81. The number of hydrogen-bond acceptors (Lipinski definition) is 5. The number of nitrogens with zero attached hydrogens (tertiary/aromatic N) is 2. The molecular weight excluding hydrogens is 447 g/mol. The van der Waals surface area contributed by atoms with Crippen LogP contribution in [0.4, 0.5) is 24.5 Å². The Morgan fingerprint density at radius 2 is 1.88 bits per heavy atom. The van der Waals surface area contributed by atoms with Gasteiger partial charge in [0.05, 0.1) is 24.0 Å². The molecule has 1 aliphatic rings. The Morgan fingerprint density at radius 1 is 1.09 bits per heavy atom. The van der Waals surface area contributed by atoms with Crippen molar-refractivity contribution in [3.8, 4) is 11.5 Å². The third-order valence-electron chi connectivity index (χ3n) is 5.56. The summed E-state index contributed by atoms with van der Waals surface area (Å²) in [6.07, 6.45) is 0.732. The molecule has 6 nitrogen and oxygen atoms in total. The summed E-state index contributed by atoms with van der Waals surface area (Å²) in [5.41, 5.74) is 0.975. The monoisotopic (exact) mass is 471 g/mol. The Labute approximate surface area is 195 Å². The highest BCUT2D eigenvalue weighted by atomic mass is 19.4. The lowest BCUT2D eigenvalue weighted by atomic mass is 10.1. The number of carbonyl (C=O) groups excluding carboxylic acids is 1. The first kappa shape index (κ1) is 23.4. The fraction of sp³-hybridized carbons (Fsp3) is 0.280. The Morgan fingerprint density at radius 3 is 2.56 bits per heavy atom. The smallest absolute Gasteiger partial charge is 0.416 e. The van der Waals surface area contributed by atoms with E-state index in [1.54, 1.807) is 30.6 Å². The van der Waals surface area contributed by atoms with Crippen molar-refractivity contribution in [3.05, 3.63) is 77.6 Å². The van der Waals surface area contributed by atoms with Gasteiger partial charge in [0.25, 0.3) is 5.91 Å². The third kappa shape index (κ3) is 5.41. The van der Waals surface area contributed by atoms with Crippen LogP contribution in [0, 0.1) is 0 Å². The maximum absolute atomic E-state index is 13.3. The van der Waals surface area contributed by atoms with Crippen LogP contribution in [-0.2, 0) is 12.8 Å². The summed E-state index contributed by atoms with van der Waals surface area (Å²) in [4.78, 5) is 19.0. The number of methoxy groups -OCH3 is 1. The number of benzene rings is 2. The maximum atomic E-state index is 13.3. The largest absolute Gasteiger partial charge is 0.493 e. The first-order valence-electron chi connectivity index (χ1n) is 10.8. The third-order valence-corrected chi connectivity index (χ3v) is 5.56. The van der Waals surface area contributed by atoms with Gasteiger partial charge in [-0.2, -0.15) is 13.2 Å². The summed E-state index contributed by atoms with van der Waals surface area (Å²) in [6.45, 7) is 1.72. The average molecular weight is 471 g/mol. The molecule has 0 atom stereocenters. The Balaban J connectivity index is 1.55. The van der Waals surface area contributed by atoms with Crippen LogP contribution in [-0.4, -0.2) is 31.1 Å². The van der Waals surface area contributed by atoms with E-state index in [-0.39, 0.29) is 17.9 Å². The van der Waals surface area contributed by atoms with Crippen LogP contribution in [0.15, 0.2) is 60.9 Å². The summed E-state index contributed by atoms with van der Waals surface area (Å²) in [6, 6.07) is 11.7. The molecule has 178 valence electrons. The van der Waals surface area contributed by atoms with Crippen molar-refractivity contribution in [2.75, 3.05) is 30.4 Å². The number of rotatable bonds is 7. The van der Waals surface area contributed by atoms with Gasteiger partial charge in [-0.15, -0.1) is 0 Å². The second-order valence-electron chi connectivity index (χ2n) is 7.89. The zero-order valence-electron chi connectivity index (χ0n) is 18.6. The summed E-state index contributed by atoms with van der Waals surface area (Å²) in [5, 5.41) is 2.66. The molecule has 1 N–H and O–H groups in total. The van der Waals surface area contributed by atoms with Crippen LogP contribution in [0.1, 0.15) is 34.3 Å². The minimum Gasteiger partial charge on any atom is -0.493 e. The summed E-state index contributed by atoms with van der Waals surface area (Å²) in [5.74, 6) is 0.219. The van der Waals surface area contributed by atoms with Gasteiger partial charge in [0.1, 0.15) is 6.61 Å². The minimum absolute atomic E-state index is 0.123. The van der Waals surface area contributed by atoms with Crippen LogP contribution in [0.5, 0.6) is 11.5 Å². The van der Waals surface area contributed by atoms with E-state index in [0.717, 1.165) is 43.6 Å². The molecule has 0 bridgehead atoms. The number of nitrogens with one attached hydrogen (secondary N) is 1. The molecule has 1 fully saturated rings. The molecule has 1 saturated heterocycles. The lowest BCUT2D eigenvalue weighted by Crippen LogP contribution is -2.22. The van der Waals surface area contributed by atoms with Gasteiger partial charge >= 0.3 is 6.18 Å². The van der Waals surface area contributed by atoms with Crippen molar-refractivity contribution in [1.82, 2.24) is 4.98 Å². The van der Waals surface area contributed by atoms with Crippen LogP contribution in [0.2, 0.25) is 0 Å². The Bertz CT molecular complexity index is 1150. The summed E-state index contributed by atoms with van der Waals surface area (Å²) >= 11 is 0. The van der Waals surface area contributed by atoms with Gasteiger partial charge in [0.15, 0.2) is 11.5 Å². The number of ether oxygens (including phenoxy) is 2. The zero-order chi connectivity index (χ0) is 24.1. The number of pyridine rings is 1. The highest BCUT2D eigenvalue weighted by Gasteiger charge is 2.32. The molecule has 3 aromatic rings. The standard InChI is InChI=1S/C25H24F3N3O3/c1-33-23-13-18(6-9-22(23)34-16-17-5-4-10-29-15-17)24(32)30-20-14-19(25(26,27)28)7-8-21(20)31-11-2-3-12-31/h4-10,13-15H,2-3,11-12,16H2,1H3,(H,30,32). The lowest BCUT2D eigenvalue weighted by molar-refractivity contribution is -0.137. The molecule has 1 amide bonds. The van der Waals surface area contributed by atoms with E-state index in [2.05, 4.69) is 10.3 Å². The molecule has 0 spiro atoms. The number of halogens is 3. The average Bonchev–Trinajstić information content (AvgIpc) is 3.37. The van der Waals surface area contributed by atoms with Crippen molar-refractivity contribution in [2.24, 2.45) is 0 Å². The lowest BCUT2D eigenvalue weighted by Gasteiger charge is -2.23. The second-order valence-corrected chi connectivity index (χ2v) is 7.89. The minimum atomic E-state index is -4.51. The van der Waals surface area contributed by atoms with Gasteiger partial charge in [-0.1, -0.05) is 6.07 Å². The van der Waals surface area contributed by atoms with Gasteiger partial charge in [-0.05, 0) is 55.3 Å². The predicted molar refractivity (Wildman–Crippen MR) is 122 cm³/mol. The van der Waals surface area contributed by atoms with E-state index >= 15 is 0 Å². The number of anilines is 2. The molecule has 4 rings (SSSR count). The fourth-order valence-corrected chi connectivity index (χ4v) is 3.81. The van der Waals surface area contributed by atoms with Gasteiger partial charge in [0, 0.05) is 36.6 Å². The molecule has 0 radical (unpaired) electrons. The van der Waals surface area contributed by atoms with Crippen molar-refractivity contribution in [1.29, 1.82) is 0 Å². The van der Waals surface area contributed by atoms with Crippen LogP contribution in [0.25, 0.3) is 0 Å². The van der Waals surface area contributed by atoms with Gasteiger partial charge < -0.3 is 19.7 Å². The first-order valence-corrected chi connectivity index (χ1v) is 10.8. The molecule has 1 aliphatic heterocycles. The number of amides is 1. The van der Waals surface area contributed by atoms with Crippen molar-refractivity contribution < 1.29 is 27.4 Å². The Kier molecular flexibility index (Phi) is 6.90. The van der Waals surface area contributed by atoms with Crippen LogP contribution >= 0.6 is 0 Å². The highest BCUT2D eigenvalue weighted by Crippen LogP contribution is 2.37. The summed E-state index contributed by atoms with van der Waals surface area (Å²) < 4.78 is 51.1. The van der Waals surface area contributed by atoms with E-state index in [0.29, 0.717) is 17.2 Å². The number of carbonyl (C=O) groups is 1. The topological polar surface area (TPSA) is 63.7 Å². The van der Waals surface area contributed by atoms with Gasteiger partial charge in [-0.3, -0.25) is 9.78 Å². The highest BCUT2D eigenvalue weighted by molar-refractivity contribution is 6.06. The molecule has 2 aromatic carbocycles. The Hall–Kier alpha value is -3.75. The van der Waals surface area contributed by atoms with E-state index in [1.165, 1.54) is 19.2 Å². The molecule has 2 heterocycles. The number of aromatic nitrogens is 1. The van der Waals surface area contributed by atoms with Crippen molar-refractivity contribution in [2.45, 2.75) is 25.6 Å². The molecule has 0 aliphatic carbocycles. The van der Waals surface area contributed by atoms with E-state index in [9.17, 15) is 18.0 Å². The van der Waals surface area contributed by atoms with E-state index in [4.69, 9.17) is 9.47 Å². The molecule has 0 unspecified atom stereocenters. The van der Waals surface area contributed by atoms with E-state index < -0.39 is 17.6 Å². The van der Waals surface area contributed by atoms with Crippen LogP contribution < -0.4 is 19.7 Å². The normalized spacial score (nSPS) is 13.6. The first-order chi connectivity index (χ1) is 16.3. The zero-order valence-corrected chi connectivity index (χ0v) is 18.6. The quantitative estimate of drug-likeness (QED) is 0.490. The number of alkyl halides is 3. The van der Waals surface area contributed by atoms with Crippen molar-refractivity contribution in [3.63, 3.8) is 0 Å². The van der Waals surface area contributed by atoms with Gasteiger partial charge in [-0.25, -0.2) is 0 Å². The molecule has 34 heavy (non-hydrogen) atoms. The van der Waals surface area contributed by atoms with Crippen molar-refractivity contribution >= 4 is 17.3 Å². The molecular formula is C25H24F3N3O3. The predicted octanol–water partition coefficient (Wildman–Crippen LogP) is 5.54. The summed E-state index contributed by atoms with van der Waals surface area (Å²) in [7, 11) is 1.45.